The van der Waals surface area contributed by atoms with Crippen LogP contribution in [-0.2, 0) is 40.3 Å². The van der Waals surface area contributed by atoms with Gasteiger partial charge in [-0.05, 0) is 64.9 Å². The predicted molar refractivity (Wildman–Crippen MR) is 157 cm³/mol. The second-order valence-corrected chi connectivity index (χ2v) is 10.4. The van der Waals surface area contributed by atoms with Crippen LogP contribution < -0.4 is 29.9 Å². The molecule has 0 saturated carbocycles. The van der Waals surface area contributed by atoms with Crippen molar-refractivity contribution in [2.24, 2.45) is 0 Å². The Labute approximate surface area is 257 Å². The minimum atomic E-state index is -0.619. The molecule has 44 heavy (non-hydrogen) atoms. The number of hydrogen-bond acceptors (Lipinski definition) is 9. The van der Waals surface area contributed by atoms with E-state index >= 15 is 0 Å². The molecule has 0 heterocycles. The van der Waals surface area contributed by atoms with Gasteiger partial charge in [0.05, 0.1) is 20.1 Å². The van der Waals surface area contributed by atoms with Gasteiger partial charge < -0.3 is 44.8 Å². The van der Waals surface area contributed by atoms with E-state index in [2.05, 4.69) is 17.4 Å². The number of ether oxygens (including phenoxy) is 2. The molecule has 0 radical (unpaired) electrons. The summed E-state index contributed by atoms with van der Waals surface area (Å²) in [6.07, 6.45) is 2.78. The zero-order valence-electron chi connectivity index (χ0n) is 25.1. The van der Waals surface area contributed by atoms with Crippen molar-refractivity contribution < 1.29 is 54.5 Å². The number of carbonyl (C=O) groups excluding carboxylic acids is 3. The molecule has 238 valence electrons. The van der Waals surface area contributed by atoms with Gasteiger partial charge >= 0.3 is 5.91 Å². The maximum atomic E-state index is 11.9. The number of fused-ring (bicyclic) bond motifs is 1. The van der Waals surface area contributed by atoms with E-state index in [0.29, 0.717) is 25.6 Å². The van der Waals surface area contributed by atoms with Gasteiger partial charge in [-0.25, -0.2) is 4.79 Å². The molecule has 0 unspecified atom stereocenters. The Morgan fingerprint density at radius 3 is 2.39 bits per heavy atom. The van der Waals surface area contributed by atoms with Gasteiger partial charge in [0.15, 0.2) is 0 Å². The number of benzene rings is 3. The second kappa shape index (κ2) is 19.8. The molecule has 3 aromatic rings. The number of amides is 1. The smallest absolute Gasteiger partial charge is 0.349 e. The highest BCUT2D eigenvalue weighted by molar-refractivity contribution is 5.68. The Bertz CT molecular complexity index is 1300. The minimum absolute atomic E-state index is 0.0147. The lowest BCUT2D eigenvalue weighted by molar-refractivity contribution is -0.775. The fourth-order valence-electron chi connectivity index (χ4n) is 4.80. The third-order valence-corrected chi connectivity index (χ3v) is 7.15. The van der Waals surface area contributed by atoms with E-state index in [0.717, 1.165) is 52.4 Å². The van der Waals surface area contributed by atoms with Crippen molar-refractivity contribution in [3.05, 3.63) is 94.5 Å². The molecular formula is C33H42N2O9. The highest BCUT2D eigenvalue weighted by atomic mass is 16.5. The molecule has 0 fully saturated rings. The van der Waals surface area contributed by atoms with Crippen LogP contribution in [0, 0.1) is 0 Å². The van der Waals surface area contributed by atoms with Crippen LogP contribution in [0.2, 0.25) is 0 Å². The van der Waals surface area contributed by atoms with E-state index in [-0.39, 0.29) is 19.1 Å². The molecule has 3 aromatic carbocycles. The first kappa shape index (κ1) is 35.9. The van der Waals surface area contributed by atoms with Crippen molar-refractivity contribution >= 4 is 18.9 Å². The van der Waals surface area contributed by atoms with Crippen molar-refractivity contribution in [2.75, 3.05) is 33.9 Å². The van der Waals surface area contributed by atoms with E-state index in [1.165, 1.54) is 11.1 Å². The van der Waals surface area contributed by atoms with Gasteiger partial charge in [-0.3, -0.25) is 4.90 Å². The van der Waals surface area contributed by atoms with Crippen LogP contribution in [0.25, 0.3) is 0 Å². The number of hydrogen-bond donors (Lipinski definition) is 4. The highest BCUT2D eigenvalue weighted by Gasteiger charge is 2.23. The molecule has 11 nitrogen and oxygen atoms in total. The van der Waals surface area contributed by atoms with Crippen LogP contribution in [0.15, 0.2) is 66.7 Å². The molecule has 0 saturated heterocycles. The molecule has 0 aromatic heterocycles. The number of nitrogens with one attached hydrogen (secondary N) is 1. The van der Waals surface area contributed by atoms with Crippen LogP contribution >= 0.6 is 0 Å². The average molecular weight is 611 g/mol. The van der Waals surface area contributed by atoms with Crippen LogP contribution in [0.4, 0.5) is 0 Å². The number of nitrogens with two attached hydrogens (primary N) is 1. The standard InChI is InChI=1S/C31H38N2O5.2CH2O2/c1-33(2)31(36)21-37-28-12-9-23-8-11-27(17-26(23)18-28)32-19-29(35)24-10-13-30(25(16-24)14-15-34)38-20-22-6-4-3-5-7-22;2*2-1-3/h3-7,9-10,12-13,16,18,27,29,32,34-35H,8,11,14-15,17,19-21H2,1-2H3;2*1H,(H,2,3)/t27-,29-;;/m0../s1. The average Bonchev–Trinajstić information content (AvgIpc) is 3.03. The van der Waals surface area contributed by atoms with Crippen molar-refractivity contribution in [1.82, 2.24) is 0 Å². The Kier molecular flexibility index (Phi) is 16.2. The Hall–Kier alpha value is -4.29. The molecule has 0 spiro atoms. The highest BCUT2D eigenvalue weighted by Crippen LogP contribution is 2.26. The van der Waals surface area contributed by atoms with Gasteiger partial charge in [-0.15, -0.1) is 0 Å². The van der Waals surface area contributed by atoms with E-state index in [9.17, 15) is 15.0 Å². The molecule has 1 amide bonds. The van der Waals surface area contributed by atoms with Crippen molar-refractivity contribution in [3.8, 4) is 11.5 Å². The number of likely N-dealkylation sites (N-methyl/N-ethyl adjacent to an activating group) is 1. The Morgan fingerprint density at radius 2 is 1.73 bits per heavy atom. The van der Waals surface area contributed by atoms with E-state index in [1.807, 2.05) is 54.6 Å². The SMILES string of the molecule is C[NH+](C)C(=O)COc1ccc2c(c1)C[C@@H]([NH2+]C[C@H](O)c1ccc(OCc3ccccc3)c(CCO)c1)CC2.O=C[O-].O=C[O-]. The maximum absolute atomic E-state index is 11.9. The summed E-state index contributed by atoms with van der Waals surface area (Å²) in [5.74, 6) is 1.48. The molecule has 1 aliphatic carbocycles. The zero-order chi connectivity index (χ0) is 32.3. The summed E-state index contributed by atoms with van der Waals surface area (Å²) in [5.41, 5.74) is 5.38. The van der Waals surface area contributed by atoms with E-state index in [4.69, 9.17) is 29.3 Å². The van der Waals surface area contributed by atoms with Gasteiger partial charge in [-0.1, -0.05) is 42.5 Å². The number of quaternary nitrogens is 2. The molecule has 0 bridgehead atoms. The van der Waals surface area contributed by atoms with Crippen LogP contribution in [0.5, 0.6) is 11.5 Å². The number of carbonyl (C=O) groups is 3. The fraction of sp³-hybridized carbons (Fsp3) is 0.364. The third kappa shape index (κ3) is 12.1. The first-order valence-corrected chi connectivity index (χ1v) is 14.4. The molecule has 2 atom stereocenters. The topological polar surface area (TPSA) is 177 Å². The lowest BCUT2D eigenvalue weighted by Gasteiger charge is -2.25. The molecular weight excluding hydrogens is 568 g/mol. The summed E-state index contributed by atoms with van der Waals surface area (Å²) in [6, 6.07) is 22.2. The Morgan fingerprint density at radius 1 is 1.02 bits per heavy atom. The lowest BCUT2D eigenvalue weighted by Crippen LogP contribution is -3.09. The third-order valence-electron chi connectivity index (χ3n) is 7.15. The summed E-state index contributed by atoms with van der Waals surface area (Å²) in [7, 11) is 3.60. The monoisotopic (exact) mass is 610 g/mol. The molecule has 1 aliphatic rings. The summed E-state index contributed by atoms with van der Waals surface area (Å²) in [5, 5.41) is 39.3. The van der Waals surface area contributed by atoms with E-state index < -0.39 is 19.0 Å². The first-order valence-electron chi connectivity index (χ1n) is 14.4. The number of carboxylic acid groups (broad SMARTS) is 2. The largest absolute Gasteiger partial charge is 0.554 e. The van der Waals surface area contributed by atoms with Gasteiger partial charge in [0.25, 0.3) is 0 Å². The van der Waals surface area contributed by atoms with Gasteiger partial charge in [0.1, 0.15) is 30.8 Å². The molecule has 0 aliphatic heterocycles. The summed E-state index contributed by atoms with van der Waals surface area (Å²) >= 11 is 0. The summed E-state index contributed by atoms with van der Waals surface area (Å²) < 4.78 is 11.7. The van der Waals surface area contributed by atoms with Crippen LogP contribution in [-0.4, -0.2) is 69.0 Å². The zero-order valence-corrected chi connectivity index (χ0v) is 25.1. The van der Waals surface area contributed by atoms with E-state index in [1.54, 1.807) is 14.1 Å². The maximum Gasteiger partial charge on any atom is 0.349 e. The molecule has 4 rings (SSSR count). The molecule has 5 N–H and O–H groups in total. The number of aliphatic hydroxyl groups is 2. The van der Waals surface area contributed by atoms with Gasteiger partial charge in [0, 0.05) is 32.4 Å². The minimum Gasteiger partial charge on any atom is -0.554 e. The number of aryl methyl sites for hydroxylation is 1. The van der Waals surface area contributed by atoms with Crippen molar-refractivity contribution in [3.63, 3.8) is 0 Å². The lowest BCUT2D eigenvalue weighted by atomic mass is 9.88. The molecule has 11 heteroatoms. The quantitative estimate of drug-likeness (QED) is 0.165. The summed E-state index contributed by atoms with van der Waals surface area (Å²) in [6.45, 7) is 0.0964. The van der Waals surface area contributed by atoms with Crippen molar-refractivity contribution in [1.29, 1.82) is 0 Å². The number of rotatable bonds is 12. The van der Waals surface area contributed by atoms with Gasteiger partial charge in [0.2, 0.25) is 6.61 Å². The summed E-state index contributed by atoms with van der Waals surface area (Å²) in [4.78, 5) is 29.1. The van der Waals surface area contributed by atoms with Crippen LogP contribution in [0.1, 0.15) is 40.3 Å². The predicted octanol–water partition coefficient (Wildman–Crippen LogP) is -2.26. The van der Waals surface area contributed by atoms with Gasteiger partial charge in [-0.2, -0.15) is 0 Å². The van der Waals surface area contributed by atoms with Crippen LogP contribution in [0.3, 0.4) is 0 Å². The second-order valence-electron chi connectivity index (χ2n) is 10.4. The Balaban J connectivity index is 0.00000104. The first-order chi connectivity index (χ1) is 21.3. The van der Waals surface area contributed by atoms with Crippen molar-refractivity contribution in [2.45, 2.75) is 44.4 Å². The number of aliphatic hydroxyl groups excluding tert-OH is 2. The fourth-order valence-corrected chi connectivity index (χ4v) is 4.80. The normalized spacial score (nSPS) is 14.1.